The molecule has 10 nitrogen and oxygen atoms in total. The Balaban J connectivity index is 1.37. The first-order valence-corrected chi connectivity index (χ1v) is 13.7. The van der Waals surface area contributed by atoms with Gasteiger partial charge in [0.1, 0.15) is 24.7 Å². The minimum absolute atomic E-state index is 0.108. The van der Waals surface area contributed by atoms with Crippen LogP contribution >= 0.6 is 11.6 Å². The molecule has 0 unspecified atom stereocenters. The molecule has 1 aliphatic rings. The third-order valence-corrected chi connectivity index (χ3v) is 7.18. The zero-order chi connectivity index (χ0) is 28.9. The Bertz CT molecular complexity index is 1130. The van der Waals surface area contributed by atoms with Crippen LogP contribution in [0.1, 0.15) is 50.5 Å². The lowest BCUT2D eigenvalue weighted by molar-refractivity contribution is -0.763. The number of hydrogen-bond donors (Lipinski definition) is 3. The predicted octanol–water partition coefficient (Wildman–Crippen LogP) is 4.65. The number of aliphatic hydroxyl groups excluding tert-OH is 3. The Labute approximate surface area is 238 Å². The van der Waals surface area contributed by atoms with Gasteiger partial charge in [0.05, 0.1) is 18.3 Å². The van der Waals surface area contributed by atoms with Crippen LogP contribution in [0.3, 0.4) is 0 Å². The molecule has 1 saturated carbocycles. The van der Waals surface area contributed by atoms with Crippen LogP contribution in [0.2, 0.25) is 5.02 Å². The number of halogens is 1. The molecule has 0 heterocycles. The van der Waals surface area contributed by atoms with Crippen LogP contribution in [0.15, 0.2) is 60.7 Å². The van der Waals surface area contributed by atoms with Gasteiger partial charge in [-0.15, -0.1) is 10.1 Å². The van der Waals surface area contributed by atoms with Crippen LogP contribution in [0.4, 0.5) is 0 Å². The number of rotatable bonds is 16. The largest absolute Gasteiger partial charge is 0.491 e. The summed E-state index contributed by atoms with van der Waals surface area (Å²) >= 11 is 5.95. The van der Waals surface area contributed by atoms with Crippen molar-refractivity contribution in [3.8, 4) is 11.5 Å². The Morgan fingerprint density at radius 1 is 1.12 bits per heavy atom. The molecular weight excluding hydrogens is 542 g/mol. The molecule has 0 radical (unpaired) electrons. The van der Waals surface area contributed by atoms with Crippen molar-refractivity contribution in [3.05, 3.63) is 81.4 Å². The number of esters is 1. The number of allylic oxidation sites excluding steroid dienone is 2. The normalized spacial score (nSPS) is 21.3. The number of unbranched alkanes of at least 4 members (excludes halogenated alkanes) is 1. The molecule has 0 spiro atoms. The molecule has 0 aliphatic heterocycles. The fourth-order valence-corrected chi connectivity index (χ4v) is 5.06. The predicted molar refractivity (Wildman–Crippen MR) is 147 cm³/mol. The standard InChI is InChI=1S/C29H36ClNO9/c30-21-9-7-10-23(16-21)38-19-22(32)14-15-25-24(26(33)17-27(25)34)11-3-1-2-4-13-29(35)40-28-12-6-5-8-20(28)18-39-31(36)37/h1,3,5-10,12,16,22,24-27,32-34H,2,4,11,13-15,17-19H2/b3-1-/t22-,24-,25-,26+,27-/m1/s1. The molecule has 5 atom stereocenters. The summed E-state index contributed by atoms with van der Waals surface area (Å²) in [4.78, 5) is 27.0. The lowest BCUT2D eigenvalue weighted by Crippen LogP contribution is -2.25. The maximum absolute atomic E-state index is 12.2. The summed E-state index contributed by atoms with van der Waals surface area (Å²) < 4.78 is 10.9. The molecule has 3 rings (SSSR count). The Hall–Kier alpha value is -3.18. The third-order valence-electron chi connectivity index (χ3n) is 6.94. The van der Waals surface area contributed by atoms with Crippen LogP contribution in [0, 0.1) is 22.0 Å². The SMILES string of the molecule is O=C(CCC/C=C\C[C@@H]1[C@@H](CC[C@@H](O)COc2cccc(Cl)c2)[C@H](O)C[C@@H]1O)Oc1ccccc1CO[N+](=O)[O-]. The highest BCUT2D eigenvalue weighted by molar-refractivity contribution is 6.30. The quantitative estimate of drug-likeness (QED) is 0.0647. The van der Waals surface area contributed by atoms with Crippen LogP contribution in [0.25, 0.3) is 0 Å². The maximum Gasteiger partial charge on any atom is 0.311 e. The number of aliphatic hydroxyl groups is 3. The van der Waals surface area contributed by atoms with Crippen molar-refractivity contribution >= 4 is 17.6 Å². The van der Waals surface area contributed by atoms with Gasteiger partial charge in [0, 0.05) is 17.0 Å². The fourth-order valence-electron chi connectivity index (χ4n) is 4.88. The first-order chi connectivity index (χ1) is 19.2. The lowest BCUT2D eigenvalue weighted by Gasteiger charge is -2.23. The Morgan fingerprint density at radius 3 is 2.67 bits per heavy atom. The Morgan fingerprint density at radius 2 is 1.90 bits per heavy atom. The minimum Gasteiger partial charge on any atom is -0.491 e. The zero-order valence-electron chi connectivity index (χ0n) is 22.1. The lowest BCUT2D eigenvalue weighted by atomic mass is 9.86. The van der Waals surface area contributed by atoms with Gasteiger partial charge < -0.3 is 29.6 Å². The van der Waals surface area contributed by atoms with Crippen molar-refractivity contribution in [1.82, 2.24) is 0 Å². The average molecular weight is 578 g/mol. The van der Waals surface area contributed by atoms with Gasteiger partial charge >= 0.3 is 5.97 Å². The number of carbonyl (C=O) groups is 1. The summed E-state index contributed by atoms with van der Waals surface area (Å²) in [6.45, 7) is -0.200. The molecule has 0 saturated heterocycles. The van der Waals surface area contributed by atoms with Crippen molar-refractivity contribution in [3.63, 3.8) is 0 Å². The van der Waals surface area contributed by atoms with Crippen molar-refractivity contribution in [2.24, 2.45) is 11.8 Å². The molecule has 1 aliphatic carbocycles. The summed E-state index contributed by atoms with van der Waals surface area (Å²) in [5, 5.41) is 41.4. The maximum atomic E-state index is 12.2. The van der Waals surface area contributed by atoms with Gasteiger partial charge in [-0.2, -0.15) is 0 Å². The Kier molecular flexibility index (Phi) is 12.7. The van der Waals surface area contributed by atoms with E-state index in [4.69, 9.17) is 21.1 Å². The number of benzene rings is 2. The third kappa shape index (κ3) is 10.4. The van der Waals surface area contributed by atoms with Gasteiger partial charge in [0.2, 0.25) is 0 Å². The summed E-state index contributed by atoms with van der Waals surface area (Å²) in [5.41, 5.74) is 0.403. The van der Waals surface area contributed by atoms with Crippen molar-refractivity contribution in [2.75, 3.05) is 6.61 Å². The molecule has 218 valence electrons. The van der Waals surface area contributed by atoms with E-state index in [-0.39, 0.29) is 37.2 Å². The second-order valence-corrected chi connectivity index (χ2v) is 10.3. The van der Waals surface area contributed by atoms with Crippen LogP contribution in [-0.4, -0.2) is 51.3 Å². The molecule has 2 aromatic carbocycles. The molecule has 1 fully saturated rings. The number of para-hydroxylation sites is 1. The average Bonchev–Trinajstić information content (AvgIpc) is 3.19. The van der Waals surface area contributed by atoms with Crippen molar-refractivity contribution in [1.29, 1.82) is 0 Å². The zero-order valence-corrected chi connectivity index (χ0v) is 22.9. The second-order valence-electron chi connectivity index (χ2n) is 9.88. The van der Waals surface area contributed by atoms with Gasteiger partial charge in [-0.05, 0) is 74.6 Å². The van der Waals surface area contributed by atoms with E-state index in [1.165, 1.54) is 0 Å². The molecule has 3 N–H and O–H groups in total. The van der Waals surface area contributed by atoms with E-state index in [9.17, 15) is 30.2 Å². The van der Waals surface area contributed by atoms with Crippen LogP contribution in [0.5, 0.6) is 11.5 Å². The molecule has 0 aromatic heterocycles. The summed E-state index contributed by atoms with van der Waals surface area (Å²) in [6.07, 6.45) is 5.10. The second kappa shape index (κ2) is 16.2. The van der Waals surface area contributed by atoms with E-state index >= 15 is 0 Å². The first-order valence-electron chi connectivity index (χ1n) is 13.4. The van der Waals surface area contributed by atoms with E-state index < -0.39 is 29.4 Å². The summed E-state index contributed by atoms with van der Waals surface area (Å²) in [5.74, 6) is 0.0799. The number of ether oxygens (including phenoxy) is 2. The van der Waals surface area contributed by atoms with Crippen LogP contribution in [-0.2, 0) is 16.2 Å². The molecule has 40 heavy (non-hydrogen) atoms. The van der Waals surface area contributed by atoms with Crippen molar-refractivity contribution in [2.45, 2.75) is 69.9 Å². The monoisotopic (exact) mass is 577 g/mol. The molecular formula is C29H36ClNO9. The van der Waals surface area contributed by atoms with Gasteiger partial charge in [-0.3, -0.25) is 4.79 Å². The molecule has 2 aromatic rings. The van der Waals surface area contributed by atoms with Gasteiger partial charge in [-0.25, -0.2) is 0 Å². The van der Waals surface area contributed by atoms with Gasteiger partial charge in [0.25, 0.3) is 5.09 Å². The highest BCUT2D eigenvalue weighted by atomic mass is 35.5. The molecule has 0 amide bonds. The van der Waals surface area contributed by atoms with E-state index in [2.05, 4.69) is 4.84 Å². The summed E-state index contributed by atoms with van der Waals surface area (Å²) in [7, 11) is 0. The topological polar surface area (TPSA) is 149 Å². The minimum atomic E-state index is -0.902. The number of hydrogen-bond acceptors (Lipinski definition) is 9. The van der Waals surface area contributed by atoms with Gasteiger partial charge in [0.15, 0.2) is 0 Å². The smallest absolute Gasteiger partial charge is 0.311 e. The number of nitrogens with zero attached hydrogens (tertiary/aromatic N) is 1. The van der Waals surface area contributed by atoms with Gasteiger partial charge in [-0.1, -0.05) is 48.0 Å². The molecule has 0 bridgehead atoms. The number of carbonyl (C=O) groups excluding carboxylic acids is 1. The molecule has 11 heteroatoms. The van der Waals surface area contributed by atoms with Crippen LogP contribution < -0.4 is 9.47 Å². The first kappa shape index (κ1) is 31.3. The highest BCUT2D eigenvalue weighted by Gasteiger charge is 2.40. The highest BCUT2D eigenvalue weighted by Crippen LogP contribution is 2.38. The van der Waals surface area contributed by atoms with E-state index in [1.807, 2.05) is 12.2 Å². The van der Waals surface area contributed by atoms with E-state index in [0.29, 0.717) is 54.9 Å². The van der Waals surface area contributed by atoms with E-state index in [0.717, 1.165) is 0 Å². The van der Waals surface area contributed by atoms with Crippen molar-refractivity contribution < 1.29 is 39.5 Å². The van der Waals surface area contributed by atoms with E-state index in [1.54, 1.807) is 48.5 Å². The fraction of sp³-hybridized carbons (Fsp3) is 0.483. The summed E-state index contributed by atoms with van der Waals surface area (Å²) in [6, 6.07) is 13.4.